The van der Waals surface area contributed by atoms with Crippen molar-refractivity contribution < 1.29 is 4.74 Å². The summed E-state index contributed by atoms with van der Waals surface area (Å²) in [7, 11) is 4.01. The molecule has 2 saturated carbocycles. The lowest BCUT2D eigenvalue weighted by molar-refractivity contribution is -0.0826. The van der Waals surface area contributed by atoms with Crippen LogP contribution in [0.25, 0.3) is 0 Å². The normalized spacial score (nSPS) is 39.0. The molecule has 0 saturated heterocycles. The van der Waals surface area contributed by atoms with Gasteiger partial charge in [-0.3, -0.25) is 0 Å². The largest absolute Gasteiger partial charge is 0.377 e. The molecular formula is C13H25NO. The lowest BCUT2D eigenvalue weighted by Gasteiger charge is -2.44. The second kappa shape index (κ2) is 4.42. The van der Waals surface area contributed by atoms with Crippen molar-refractivity contribution in [3.63, 3.8) is 0 Å². The molecule has 0 aliphatic heterocycles. The average molecular weight is 211 g/mol. The first-order valence-corrected chi connectivity index (χ1v) is 6.44. The van der Waals surface area contributed by atoms with Crippen LogP contribution in [0.5, 0.6) is 0 Å². The Hall–Kier alpha value is -0.0800. The summed E-state index contributed by atoms with van der Waals surface area (Å²) in [6, 6.07) is 0.588. The van der Waals surface area contributed by atoms with E-state index in [1.165, 1.54) is 38.5 Å². The fraction of sp³-hybridized carbons (Fsp3) is 1.00. The third-order valence-corrected chi connectivity index (χ3v) is 4.37. The van der Waals surface area contributed by atoms with Gasteiger partial charge in [-0.25, -0.2) is 0 Å². The quantitative estimate of drug-likeness (QED) is 0.771. The zero-order valence-electron chi connectivity index (χ0n) is 10.4. The lowest BCUT2D eigenvalue weighted by Crippen LogP contribution is -2.54. The van der Waals surface area contributed by atoms with E-state index in [1.807, 2.05) is 7.11 Å². The molecule has 2 fully saturated rings. The van der Waals surface area contributed by atoms with E-state index in [4.69, 9.17) is 4.74 Å². The molecule has 0 amide bonds. The minimum absolute atomic E-state index is 0.133. The van der Waals surface area contributed by atoms with E-state index in [9.17, 15) is 0 Å². The van der Waals surface area contributed by atoms with E-state index in [1.54, 1.807) is 0 Å². The van der Waals surface area contributed by atoms with Crippen LogP contribution in [0.2, 0.25) is 0 Å². The molecule has 2 nitrogen and oxygen atoms in total. The van der Waals surface area contributed by atoms with Crippen molar-refractivity contribution >= 4 is 0 Å². The van der Waals surface area contributed by atoms with E-state index < -0.39 is 0 Å². The number of likely N-dealkylation sites (N-methyl/N-ethyl adjacent to an activating group) is 1. The van der Waals surface area contributed by atoms with E-state index in [0.29, 0.717) is 6.04 Å². The van der Waals surface area contributed by atoms with Gasteiger partial charge in [0.05, 0.1) is 5.60 Å². The van der Waals surface area contributed by atoms with Gasteiger partial charge in [0.2, 0.25) is 0 Å². The maximum atomic E-state index is 5.94. The van der Waals surface area contributed by atoms with Crippen LogP contribution in [0, 0.1) is 11.8 Å². The van der Waals surface area contributed by atoms with Gasteiger partial charge in [-0.2, -0.15) is 0 Å². The topological polar surface area (TPSA) is 21.3 Å². The minimum Gasteiger partial charge on any atom is -0.377 e. The van der Waals surface area contributed by atoms with Crippen LogP contribution in [0.15, 0.2) is 0 Å². The second-order valence-corrected chi connectivity index (χ2v) is 5.57. The van der Waals surface area contributed by atoms with Crippen molar-refractivity contribution in [3.8, 4) is 0 Å². The standard InChI is InChI=1S/C13H25NO/c1-10-5-4-8-13(9-10,15-3)12(14-2)11-6-7-11/h10-12,14H,4-9H2,1-3H3. The second-order valence-electron chi connectivity index (χ2n) is 5.57. The number of methoxy groups -OCH3 is 1. The predicted molar refractivity (Wildman–Crippen MR) is 62.9 cm³/mol. The lowest BCUT2D eigenvalue weighted by atomic mass is 9.73. The molecule has 2 heteroatoms. The highest BCUT2D eigenvalue weighted by molar-refractivity contribution is 5.03. The molecular weight excluding hydrogens is 186 g/mol. The van der Waals surface area contributed by atoms with Crippen molar-refractivity contribution in [2.75, 3.05) is 14.2 Å². The number of hydrogen-bond acceptors (Lipinski definition) is 2. The van der Waals surface area contributed by atoms with Crippen LogP contribution in [-0.4, -0.2) is 25.8 Å². The van der Waals surface area contributed by atoms with Crippen LogP contribution in [-0.2, 0) is 4.74 Å². The molecule has 1 N–H and O–H groups in total. The highest BCUT2D eigenvalue weighted by Gasteiger charge is 2.47. The van der Waals surface area contributed by atoms with E-state index in [-0.39, 0.29) is 5.60 Å². The number of ether oxygens (including phenoxy) is 1. The Morgan fingerprint density at radius 3 is 2.53 bits per heavy atom. The third-order valence-electron chi connectivity index (χ3n) is 4.37. The molecule has 15 heavy (non-hydrogen) atoms. The summed E-state index contributed by atoms with van der Waals surface area (Å²) < 4.78 is 5.94. The molecule has 0 aromatic carbocycles. The SMILES string of the molecule is CNC(C1CC1)C1(OC)CCCC(C)C1. The molecule has 2 aliphatic rings. The highest BCUT2D eigenvalue weighted by Crippen LogP contribution is 2.45. The average Bonchev–Trinajstić information content (AvgIpc) is 3.03. The summed E-state index contributed by atoms with van der Waals surface area (Å²) in [4.78, 5) is 0. The summed E-state index contributed by atoms with van der Waals surface area (Å²) in [5.41, 5.74) is 0.133. The molecule has 88 valence electrons. The molecule has 3 unspecified atom stereocenters. The molecule has 0 bridgehead atoms. The van der Waals surface area contributed by atoms with Gasteiger partial charge >= 0.3 is 0 Å². The molecule has 3 atom stereocenters. The Morgan fingerprint density at radius 2 is 2.07 bits per heavy atom. The fourth-order valence-electron chi connectivity index (χ4n) is 3.50. The summed E-state index contributed by atoms with van der Waals surface area (Å²) in [5, 5.41) is 3.52. The number of nitrogens with one attached hydrogen (secondary N) is 1. The summed E-state index contributed by atoms with van der Waals surface area (Å²) in [5.74, 6) is 1.70. The van der Waals surface area contributed by atoms with Gasteiger partial charge in [-0.1, -0.05) is 19.8 Å². The Kier molecular flexibility index (Phi) is 3.36. The maximum Gasteiger partial charge on any atom is 0.0836 e. The molecule has 0 spiro atoms. The predicted octanol–water partition coefficient (Wildman–Crippen LogP) is 2.58. The monoisotopic (exact) mass is 211 g/mol. The third kappa shape index (κ3) is 2.21. The molecule has 0 radical (unpaired) electrons. The smallest absolute Gasteiger partial charge is 0.0836 e. The molecule has 0 heterocycles. The van der Waals surface area contributed by atoms with E-state index in [2.05, 4.69) is 19.3 Å². The Labute approximate surface area is 93.8 Å². The number of rotatable bonds is 4. The van der Waals surface area contributed by atoms with Gasteiger partial charge < -0.3 is 10.1 Å². The molecule has 0 aromatic heterocycles. The Morgan fingerprint density at radius 1 is 1.33 bits per heavy atom. The van der Waals surface area contributed by atoms with Crippen molar-refractivity contribution in [1.29, 1.82) is 0 Å². The first kappa shape index (κ1) is 11.4. The van der Waals surface area contributed by atoms with Crippen molar-refractivity contribution in [2.24, 2.45) is 11.8 Å². The van der Waals surface area contributed by atoms with Crippen LogP contribution >= 0.6 is 0 Å². The summed E-state index contributed by atoms with van der Waals surface area (Å²) in [6.07, 6.45) is 7.99. The van der Waals surface area contributed by atoms with Gasteiger partial charge in [0.1, 0.15) is 0 Å². The Bertz CT molecular complexity index is 215. The number of hydrogen-bond donors (Lipinski definition) is 1. The minimum atomic E-state index is 0.133. The van der Waals surface area contributed by atoms with Crippen molar-refractivity contribution in [1.82, 2.24) is 5.32 Å². The van der Waals surface area contributed by atoms with Crippen LogP contribution < -0.4 is 5.32 Å². The van der Waals surface area contributed by atoms with Gasteiger partial charge in [0.25, 0.3) is 0 Å². The molecule has 0 aromatic rings. The zero-order valence-corrected chi connectivity index (χ0v) is 10.4. The first-order chi connectivity index (χ1) is 7.22. The zero-order chi connectivity index (χ0) is 10.9. The molecule has 2 rings (SSSR count). The van der Waals surface area contributed by atoms with Gasteiger partial charge in [-0.15, -0.1) is 0 Å². The van der Waals surface area contributed by atoms with Crippen molar-refractivity contribution in [3.05, 3.63) is 0 Å². The van der Waals surface area contributed by atoms with E-state index >= 15 is 0 Å². The van der Waals surface area contributed by atoms with Crippen LogP contribution in [0.3, 0.4) is 0 Å². The fourth-order valence-corrected chi connectivity index (χ4v) is 3.50. The van der Waals surface area contributed by atoms with Gasteiger partial charge in [0.15, 0.2) is 0 Å². The molecule has 2 aliphatic carbocycles. The maximum absolute atomic E-state index is 5.94. The Balaban J connectivity index is 2.10. The van der Waals surface area contributed by atoms with Gasteiger partial charge in [0, 0.05) is 13.2 Å². The summed E-state index contributed by atoms with van der Waals surface area (Å²) in [6.45, 7) is 2.37. The van der Waals surface area contributed by atoms with E-state index in [0.717, 1.165) is 11.8 Å². The van der Waals surface area contributed by atoms with Crippen LogP contribution in [0.1, 0.15) is 45.4 Å². The van der Waals surface area contributed by atoms with Gasteiger partial charge in [-0.05, 0) is 44.6 Å². The highest BCUT2D eigenvalue weighted by atomic mass is 16.5. The summed E-state index contributed by atoms with van der Waals surface area (Å²) >= 11 is 0. The van der Waals surface area contributed by atoms with Crippen molar-refractivity contribution in [2.45, 2.75) is 57.1 Å². The first-order valence-electron chi connectivity index (χ1n) is 6.44. The van der Waals surface area contributed by atoms with Crippen LogP contribution in [0.4, 0.5) is 0 Å².